The maximum absolute atomic E-state index is 12.7. The van der Waals surface area contributed by atoms with E-state index in [0.29, 0.717) is 17.9 Å². The number of rotatable bonds is 2. The summed E-state index contributed by atoms with van der Waals surface area (Å²) in [7, 11) is 0. The number of fused-ring (bicyclic) bond motifs is 1. The van der Waals surface area contributed by atoms with E-state index >= 15 is 0 Å². The van der Waals surface area contributed by atoms with Gasteiger partial charge in [-0.1, -0.05) is 22.0 Å². The molecule has 3 rings (SSSR count). The fourth-order valence-corrected chi connectivity index (χ4v) is 3.53. The van der Waals surface area contributed by atoms with Crippen molar-refractivity contribution in [1.82, 2.24) is 4.57 Å². The molecule has 0 radical (unpaired) electrons. The number of hydrogen-bond donors (Lipinski definition) is 1. The first-order valence-corrected chi connectivity index (χ1v) is 8.50. The van der Waals surface area contributed by atoms with Gasteiger partial charge in [-0.3, -0.25) is 4.79 Å². The largest absolute Gasteiger partial charge is 0.485 e. The zero-order valence-electron chi connectivity index (χ0n) is 13.4. The Kier molecular flexibility index (Phi) is 4.10. The fourth-order valence-electron chi connectivity index (χ4n) is 3.15. The minimum atomic E-state index is -0.815. The first-order valence-electron chi connectivity index (χ1n) is 7.71. The third-order valence-electron chi connectivity index (χ3n) is 4.43. The quantitative estimate of drug-likeness (QED) is 0.873. The molecule has 0 amide bonds. The number of aromatic nitrogens is 1. The second-order valence-electron chi connectivity index (χ2n) is 6.36. The van der Waals surface area contributed by atoms with Crippen LogP contribution in [0, 0.1) is 0 Å². The van der Waals surface area contributed by atoms with Crippen molar-refractivity contribution in [3.8, 4) is 5.75 Å². The van der Waals surface area contributed by atoms with Gasteiger partial charge in [-0.25, -0.2) is 0 Å². The lowest BCUT2D eigenvalue weighted by Gasteiger charge is -2.42. The Bertz CT molecular complexity index is 797. The van der Waals surface area contributed by atoms with Gasteiger partial charge < -0.3 is 14.4 Å². The molecule has 4 nitrogen and oxygen atoms in total. The lowest BCUT2D eigenvalue weighted by molar-refractivity contribution is -0.0514. The van der Waals surface area contributed by atoms with Gasteiger partial charge in [0.05, 0.1) is 0 Å². The van der Waals surface area contributed by atoms with E-state index in [0.717, 1.165) is 10.0 Å². The Labute approximate surface area is 143 Å². The van der Waals surface area contributed by atoms with Crippen LogP contribution in [0.25, 0.3) is 0 Å². The van der Waals surface area contributed by atoms with Crippen molar-refractivity contribution in [1.29, 1.82) is 0 Å². The van der Waals surface area contributed by atoms with Crippen molar-refractivity contribution in [3.63, 3.8) is 0 Å². The van der Waals surface area contributed by atoms with Crippen molar-refractivity contribution >= 4 is 15.9 Å². The van der Waals surface area contributed by atoms with Gasteiger partial charge in [-0.05, 0) is 45.0 Å². The van der Waals surface area contributed by atoms with Crippen molar-refractivity contribution in [2.75, 3.05) is 0 Å². The molecule has 1 aliphatic rings. The highest BCUT2D eigenvalue weighted by Gasteiger charge is 2.44. The predicted molar refractivity (Wildman–Crippen MR) is 93.1 cm³/mol. The Morgan fingerprint density at radius 1 is 1.30 bits per heavy atom. The van der Waals surface area contributed by atoms with E-state index in [4.69, 9.17) is 4.74 Å². The predicted octanol–water partition coefficient (Wildman–Crippen LogP) is 3.29. The van der Waals surface area contributed by atoms with Crippen LogP contribution in [0.15, 0.2) is 45.8 Å². The summed E-state index contributed by atoms with van der Waals surface area (Å²) in [5.41, 5.74) is 0.586. The number of aliphatic hydroxyl groups is 1. The first-order chi connectivity index (χ1) is 10.8. The SMILES string of the molecule is CCn1cccc(C2c3cc(Br)ccc3OC(C)(C)C2O)c1=O. The smallest absolute Gasteiger partial charge is 0.254 e. The number of ether oxygens (including phenoxy) is 1. The maximum atomic E-state index is 12.7. The molecule has 1 aromatic heterocycles. The molecule has 1 aromatic carbocycles. The number of aryl methyl sites for hydroxylation is 1. The number of nitrogens with zero attached hydrogens (tertiary/aromatic N) is 1. The summed E-state index contributed by atoms with van der Waals surface area (Å²) < 4.78 is 8.50. The Hall–Kier alpha value is -1.59. The molecule has 23 heavy (non-hydrogen) atoms. The third kappa shape index (κ3) is 2.72. The number of hydrogen-bond acceptors (Lipinski definition) is 3. The molecular weight excluding hydrogens is 358 g/mol. The Morgan fingerprint density at radius 3 is 2.74 bits per heavy atom. The first kappa shape index (κ1) is 16.3. The summed E-state index contributed by atoms with van der Waals surface area (Å²) in [6, 6.07) is 9.35. The van der Waals surface area contributed by atoms with Crippen LogP contribution in [0.2, 0.25) is 0 Å². The van der Waals surface area contributed by atoms with Crippen LogP contribution in [-0.4, -0.2) is 21.4 Å². The van der Waals surface area contributed by atoms with Gasteiger partial charge >= 0.3 is 0 Å². The van der Waals surface area contributed by atoms with E-state index in [9.17, 15) is 9.90 Å². The molecule has 0 bridgehead atoms. The standard InChI is InChI=1S/C18H20BrNO3/c1-4-20-9-5-6-12(17(20)22)15-13-10-11(19)7-8-14(13)23-18(2,3)16(15)21/h5-10,15-16,21H,4H2,1-3H3. The summed E-state index contributed by atoms with van der Waals surface area (Å²) in [6.45, 7) is 6.22. The molecule has 0 saturated carbocycles. The van der Waals surface area contributed by atoms with Gasteiger partial charge in [-0.2, -0.15) is 0 Å². The van der Waals surface area contributed by atoms with Gasteiger partial charge in [0.25, 0.3) is 5.56 Å². The van der Waals surface area contributed by atoms with Gasteiger partial charge in [0.2, 0.25) is 0 Å². The Balaban J connectivity index is 2.25. The highest BCUT2D eigenvalue weighted by Crippen LogP contribution is 2.44. The molecule has 1 aliphatic heterocycles. The zero-order valence-corrected chi connectivity index (χ0v) is 15.0. The number of pyridine rings is 1. The van der Waals surface area contributed by atoms with E-state index in [1.807, 2.05) is 45.0 Å². The maximum Gasteiger partial charge on any atom is 0.254 e. The van der Waals surface area contributed by atoms with Crippen LogP contribution in [0.1, 0.15) is 37.8 Å². The molecule has 2 aromatic rings. The van der Waals surface area contributed by atoms with Crippen molar-refractivity contribution in [3.05, 3.63) is 62.5 Å². The summed E-state index contributed by atoms with van der Waals surface area (Å²) in [5, 5.41) is 10.9. The molecule has 2 unspecified atom stereocenters. The van der Waals surface area contributed by atoms with Crippen LogP contribution >= 0.6 is 15.9 Å². The summed E-state index contributed by atoms with van der Waals surface area (Å²) in [5.74, 6) is 0.289. The van der Waals surface area contributed by atoms with Gasteiger partial charge in [0, 0.05) is 34.3 Å². The normalized spacial score (nSPS) is 22.3. The fraction of sp³-hybridized carbons (Fsp3) is 0.389. The summed E-state index contributed by atoms with van der Waals surface area (Å²) >= 11 is 3.47. The molecule has 2 atom stereocenters. The second-order valence-corrected chi connectivity index (χ2v) is 7.28. The number of benzene rings is 1. The molecule has 0 saturated heterocycles. The third-order valence-corrected chi connectivity index (χ3v) is 4.93. The van der Waals surface area contributed by atoms with Gasteiger partial charge in [0.1, 0.15) is 17.5 Å². The average Bonchev–Trinajstić information content (AvgIpc) is 2.50. The highest BCUT2D eigenvalue weighted by atomic mass is 79.9. The van der Waals surface area contributed by atoms with E-state index in [-0.39, 0.29) is 5.56 Å². The zero-order chi connectivity index (χ0) is 16.8. The van der Waals surface area contributed by atoms with E-state index in [2.05, 4.69) is 15.9 Å². The molecule has 0 fully saturated rings. The second kappa shape index (κ2) is 5.80. The molecule has 122 valence electrons. The van der Waals surface area contributed by atoms with Crippen LogP contribution in [0.4, 0.5) is 0 Å². The minimum absolute atomic E-state index is 0.0670. The lowest BCUT2D eigenvalue weighted by Crippen LogP contribution is -2.50. The van der Waals surface area contributed by atoms with E-state index in [1.54, 1.807) is 16.8 Å². The van der Waals surface area contributed by atoms with Crippen molar-refractivity contribution < 1.29 is 9.84 Å². The van der Waals surface area contributed by atoms with E-state index in [1.165, 1.54) is 0 Å². The van der Waals surface area contributed by atoms with Crippen LogP contribution in [0.5, 0.6) is 5.75 Å². The molecule has 5 heteroatoms. The summed E-state index contributed by atoms with van der Waals surface area (Å²) in [4.78, 5) is 12.7. The molecule has 1 N–H and O–H groups in total. The number of aliphatic hydroxyl groups excluding tert-OH is 1. The number of halogens is 1. The minimum Gasteiger partial charge on any atom is -0.485 e. The lowest BCUT2D eigenvalue weighted by atomic mass is 9.78. The monoisotopic (exact) mass is 377 g/mol. The molecular formula is C18H20BrNO3. The van der Waals surface area contributed by atoms with Gasteiger partial charge in [-0.15, -0.1) is 0 Å². The molecule has 2 heterocycles. The van der Waals surface area contributed by atoms with E-state index < -0.39 is 17.6 Å². The average molecular weight is 378 g/mol. The van der Waals surface area contributed by atoms with Crippen molar-refractivity contribution in [2.45, 2.75) is 44.9 Å². The Morgan fingerprint density at radius 2 is 2.04 bits per heavy atom. The van der Waals surface area contributed by atoms with Crippen molar-refractivity contribution in [2.24, 2.45) is 0 Å². The van der Waals surface area contributed by atoms with Crippen LogP contribution < -0.4 is 10.3 Å². The van der Waals surface area contributed by atoms with Crippen LogP contribution in [0.3, 0.4) is 0 Å². The van der Waals surface area contributed by atoms with Gasteiger partial charge in [0.15, 0.2) is 0 Å². The summed E-state index contributed by atoms with van der Waals surface area (Å²) in [6.07, 6.45) is 0.953. The highest BCUT2D eigenvalue weighted by molar-refractivity contribution is 9.10. The molecule has 0 spiro atoms. The van der Waals surface area contributed by atoms with Crippen LogP contribution in [-0.2, 0) is 6.54 Å². The topological polar surface area (TPSA) is 51.5 Å². The molecule has 0 aliphatic carbocycles.